The topological polar surface area (TPSA) is 46.6 Å². The van der Waals surface area contributed by atoms with Crippen LogP contribution in [0.3, 0.4) is 0 Å². The van der Waals surface area contributed by atoms with E-state index in [4.69, 9.17) is 4.74 Å². The number of hydrogen-bond donors (Lipinski definition) is 0. The third-order valence-electron chi connectivity index (χ3n) is 2.97. The molecule has 1 aromatic carbocycles. The number of alkyl halides is 1. The van der Waals surface area contributed by atoms with E-state index in [1.54, 1.807) is 26.3 Å². The molecule has 0 N–H and O–H groups in total. The van der Waals surface area contributed by atoms with Crippen molar-refractivity contribution in [3.05, 3.63) is 29.8 Å². The predicted octanol–water partition coefficient (Wildman–Crippen LogP) is 2.67. The van der Waals surface area contributed by atoms with Crippen molar-refractivity contribution in [2.24, 2.45) is 0 Å². The molecule has 0 bridgehead atoms. The molecule has 0 spiro atoms. The molecule has 0 aliphatic heterocycles. The number of nitrogens with zero attached hydrogens (tertiary/aromatic N) is 1. The Kier molecular flexibility index (Phi) is 7.15. The number of methoxy groups -OCH3 is 1. The Balaban J connectivity index is 2.81. The molecule has 0 saturated carbocycles. The summed E-state index contributed by atoms with van der Waals surface area (Å²) >= 11 is 3.40. The van der Waals surface area contributed by atoms with Crippen molar-refractivity contribution >= 4 is 26.0 Å². The number of hydrogen-bond acceptors (Lipinski definition) is 3. The van der Waals surface area contributed by atoms with Gasteiger partial charge in [-0.3, -0.25) is 0 Å². The highest BCUT2D eigenvalue weighted by molar-refractivity contribution is 9.09. The van der Waals surface area contributed by atoms with Gasteiger partial charge in [0.25, 0.3) is 0 Å². The molecule has 6 heteroatoms. The Bertz CT molecular complexity index is 502. The van der Waals surface area contributed by atoms with Gasteiger partial charge >= 0.3 is 0 Å². The molecule has 1 atom stereocenters. The highest BCUT2D eigenvalue weighted by atomic mass is 79.9. The molecule has 0 aliphatic rings. The lowest BCUT2D eigenvalue weighted by atomic mass is 10.1. The van der Waals surface area contributed by atoms with Crippen LogP contribution in [0.4, 0.5) is 0 Å². The molecule has 1 rings (SSSR count). The van der Waals surface area contributed by atoms with Crippen LogP contribution in [0, 0.1) is 0 Å². The van der Waals surface area contributed by atoms with E-state index in [2.05, 4.69) is 22.9 Å². The second-order valence-corrected chi connectivity index (χ2v) is 8.07. The zero-order valence-corrected chi connectivity index (χ0v) is 14.6. The van der Waals surface area contributed by atoms with Crippen LogP contribution in [0.25, 0.3) is 0 Å². The van der Waals surface area contributed by atoms with Crippen molar-refractivity contribution in [3.8, 4) is 0 Å². The van der Waals surface area contributed by atoms with Gasteiger partial charge in [0.05, 0.1) is 16.3 Å². The van der Waals surface area contributed by atoms with Crippen LogP contribution in [0.2, 0.25) is 0 Å². The first-order valence-electron chi connectivity index (χ1n) is 6.60. The summed E-state index contributed by atoms with van der Waals surface area (Å²) in [6, 6.07) is 7.11. The largest absolute Gasteiger partial charge is 0.383 e. The lowest BCUT2D eigenvalue weighted by molar-refractivity contribution is 0.195. The van der Waals surface area contributed by atoms with Crippen LogP contribution in [0.5, 0.6) is 0 Å². The number of benzene rings is 1. The van der Waals surface area contributed by atoms with Gasteiger partial charge < -0.3 is 4.74 Å². The monoisotopic (exact) mass is 363 g/mol. The third-order valence-corrected chi connectivity index (χ3v) is 5.36. The fraction of sp³-hybridized carbons (Fsp3) is 0.571. The minimum Gasteiger partial charge on any atom is -0.383 e. The molecule has 0 radical (unpaired) electrons. The second-order valence-electron chi connectivity index (χ2n) is 4.73. The van der Waals surface area contributed by atoms with E-state index >= 15 is 0 Å². The van der Waals surface area contributed by atoms with E-state index in [1.165, 1.54) is 4.31 Å². The molecule has 0 aliphatic carbocycles. The first kappa shape index (κ1) is 17.6. The summed E-state index contributed by atoms with van der Waals surface area (Å²) in [6.07, 6.45) is 2.02. The summed E-state index contributed by atoms with van der Waals surface area (Å²) in [5.41, 5.74) is 1.16. The summed E-state index contributed by atoms with van der Waals surface area (Å²) in [4.78, 5) is 0.309. The number of sulfonamides is 1. The molecule has 0 amide bonds. The van der Waals surface area contributed by atoms with Crippen molar-refractivity contribution < 1.29 is 13.2 Å². The normalized spacial score (nSPS) is 13.7. The van der Waals surface area contributed by atoms with Gasteiger partial charge in [0.1, 0.15) is 0 Å². The minimum absolute atomic E-state index is 0.0216. The van der Waals surface area contributed by atoms with E-state index in [0.717, 1.165) is 18.4 Å². The van der Waals surface area contributed by atoms with Gasteiger partial charge in [-0.05, 0) is 24.1 Å². The number of rotatable bonds is 8. The summed E-state index contributed by atoms with van der Waals surface area (Å²) in [5, 5.41) is 0. The Morgan fingerprint density at radius 3 is 2.40 bits per heavy atom. The number of aryl methyl sites for hydroxylation is 1. The van der Waals surface area contributed by atoms with Gasteiger partial charge in [-0.2, -0.15) is 4.31 Å². The Morgan fingerprint density at radius 2 is 1.90 bits per heavy atom. The molecule has 4 nitrogen and oxygen atoms in total. The smallest absolute Gasteiger partial charge is 0.242 e. The number of halogens is 1. The van der Waals surface area contributed by atoms with E-state index in [-0.39, 0.29) is 4.83 Å². The maximum atomic E-state index is 12.4. The molecule has 0 heterocycles. The molecule has 0 saturated heterocycles. The number of ether oxygens (including phenoxy) is 1. The predicted molar refractivity (Wildman–Crippen MR) is 84.8 cm³/mol. The average molecular weight is 364 g/mol. The second kappa shape index (κ2) is 8.12. The fourth-order valence-electron chi connectivity index (χ4n) is 1.91. The van der Waals surface area contributed by atoms with Crippen LogP contribution < -0.4 is 0 Å². The van der Waals surface area contributed by atoms with Gasteiger partial charge in [-0.1, -0.05) is 41.4 Å². The maximum absolute atomic E-state index is 12.4. The van der Waals surface area contributed by atoms with Crippen molar-refractivity contribution in [1.29, 1.82) is 0 Å². The highest BCUT2D eigenvalue weighted by Crippen LogP contribution is 2.17. The van der Waals surface area contributed by atoms with Gasteiger partial charge in [-0.25, -0.2) is 8.42 Å². The molecule has 20 heavy (non-hydrogen) atoms. The summed E-state index contributed by atoms with van der Waals surface area (Å²) in [5.74, 6) is 0. The lowest BCUT2D eigenvalue weighted by Gasteiger charge is -2.20. The van der Waals surface area contributed by atoms with Gasteiger partial charge in [0.15, 0.2) is 0 Å². The zero-order chi connectivity index (χ0) is 15.2. The zero-order valence-electron chi connectivity index (χ0n) is 12.2. The van der Waals surface area contributed by atoms with Gasteiger partial charge in [-0.15, -0.1) is 0 Å². The maximum Gasteiger partial charge on any atom is 0.242 e. The van der Waals surface area contributed by atoms with E-state index in [1.807, 2.05) is 12.1 Å². The summed E-state index contributed by atoms with van der Waals surface area (Å²) in [7, 11) is -0.261. The lowest BCUT2D eigenvalue weighted by Crippen LogP contribution is -2.33. The summed E-state index contributed by atoms with van der Waals surface area (Å²) in [6.45, 7) is 2.94. The van der Waals surface area contributed by atoms with Crippen LogP contribution >= 0.6 is 15.9 Å². The highest BCUT2D eigenvalue weighted by Gasteiger charge is 2.22. The molecule has 1 unspecified atom stereocenters. The Morgan fingerprint density at radius 1 is 1.30 bits per heavy atom. The third kappa shape index (κ3) is 4.84. The standard InChI is InChI=1S/C14H22BrNO3S/c1-4-5-12-6-8-14(9-7-12)20(17,18)16(2)10-13(15)11-19-3/h6-9,13H,4-5,10-11H2,1-3H3. The van der Waals surface area contributed by atoms with Crippen LogP contribution in [0.1, 0.15) is 18.9 Å². The minimum atomic E-state index is -3.44. The summed E-state index contributed by atoms with van der Waals surface area (Å²) < 4.78 is 31.2. The Hall–Kier alpha value is -0.430. The SMILES string of the molecule is CCCc1ccc(S(=O)(=O)N(C)CC(Br)COC)cc1. The molecule has 114 valence electrons. The first-order valence-corrected chi connectivity index (χ1v) is 8.95. The van der Waals surface area contributed by atoms with Crippen LogP contribution in [-0.4, -0.2) is 44.9 Å². The first-order chi connectivity index (χ1) is 9.41. The molecular weight excluding hydrogens is 342 g/mol. The molecular formula is C14H22BrNO3S. The Labute approximate surface area is 130 Å². The van der Waals surface area contributed by atoms with Crippen molar-refractivity contribution in [1.82, 2.24) is 4.31 Å². The average Bonchev–Trinajstić information content (AvgIpc) is 2.40. The van der Waals surface area contributed by atoms with Crippen molar-refractivity contribution in [2.75, 3.05) is 27.3 Å². The van der Waals surface area contributed by atoms with Crippen molar-refractivity contribution in [2.45, 2.75) is 29.5 Å². The molecule has 0 aromatic heterocycles. The molecule has 1 aromatic rings. The van der Waals surface area contributed by atoms with Gasteiger partial charge in [0, 0.05) is 20.7 Å². The van der Waals surface area contributed by atoms with E-state index in [9.17, 15) is 8.42 Å². The van der Waals surface area contributed by atoms with Gasteiger partial charge in [0.2, 0.25) is 10.0 Å². The quantitative estimate of drug-likeness (QED) is 0.667. The van der Waals surface area contributed by atoms with Crippen LogP contribution in [0.15, 0.2) is 29.2 Å². The van der Waals surface area contributed by atoms with E-state index < -0.39 is 10.0 Å². The fourth-order valence-corrected chi connectivity index (χ4v) is 4.01. The van der Waals surface area contributed by atoms with Crippen molar-refractivity contribution in [3.63, 3.8) is 0 Å². The van der Waals surface area contributed by atoms with E-state index in [0.29, 0.717) is 18.0 Å². The van der Waals surface area contributed by atoms with Crippen LogP contribution in [-0.2, 0) is 21.2 Å². The molecule has 0 fully saturated rings.